The number of benzene rings is 10. The molecule has 0 aliphatic heterocycles. The van der Waals surface area contributed by atoms with E-state index in [1.165, 1.54) is 48.5 Å². The van der Waals surface area contributed by atoms with E-state index >= 15 is 0 Å². The summed E-state index contributed by atoms with van der Waals surface area (Å²) in [5, 5.41) is 14.0. The molecule has 0 N–H and O–H groups in total. The number of fused-ring (bicyclic) bond motifs is 11. The summed E-state index contributed by atoms with van der Waals surface area (Å²) in [4.78, 5) is 15.9. The van der Waals surface area contributed by atoms with Crippen molar-refractivity contribution in [2.24, 2.45) is 0 Å². The van der Waals surface area contributed by atoms with E-state index in [0.29, 0.717) is 17.5 Å². The van der Waals surface area contributed by atoms with Crippen LogP contribution in [0, 0.1) is 0 Å². The lowest BCUT2D eigenvalue weighted by molar-refractivity contribution is 0.669. The summed E-state index contributed by atoms with van der Waals surface area (Å²) >= 11 is 0. The van der Waals surface area contributed by atoms with Crippen LogP contribution in [-0.4, -0.2) is 19.5 Å². The fourth-order valence-corrected chi connectivity index (χ4v) is 9.27. The van der Waals surface area contributed by atoms with Crippen LogP contribution in [0.1, 0.15) is 0 Å². The van der Waals surface area contributed by atoms with E-state index in [1.54, 1.807) is 0 Å². The Morgan fingerprint density at radius 2 is 0.867 bits per heavy atom. The number of aromatic nitrogens is 4. The van der Waals surface area contributed by atoms with Gasteiger partial charge in [-0.2, -0.15) is 0 Å². The molecule has 0 spiro atoms. The summed E-state index contributed by atoms with van der Waals surface area (Å²) in [6.45, 7) is 0. The minimum absolute atomic E-state index is 0.561. The molecule has 278 valence electrons. The van der Waals surface area contributed by atoms with E-state index < -0.39 is 0 Å². The van der Waals surface area contributed by atoms with E-state index in [0.717, 1.165) is 60.7 Å². The Kier molecular flexibility index (Phi) is 6.95. The van der Waals surface area contributed by atoms with Crippen LogP contribution in [0.2, 0.25) is 0 Å². The Balaban J connectivity index is 1.14. The molecule has 0 radical (unpaired) electrons. The second kappa shape index (κ2) is 12.7. The quantitative estimate of drug-likeness (QED) is 0.167. The molecule has 5 heteroatoms. The van der Waals surface area contributed by atoms with Crippen molar-refractivity contribution < 1.29 is 4.42 Å². The van der Waals surface area contributed by atoms with Crippen molar-refractivity contribution >= 4 is 86.8 Å². The van der Waals surface area contributed by atoms with Gasteiger partial charge in [0, 0.05) is 38.2 Å². The Bertz CT molecular complexity index is 3810. The number of hydrogen-bond acceptors (Lipinski definition) is 4. The molecule has 0 bridgehead atoms. The molecular formula is C55H32N4O. The van der Waals surface area contributed by atoms with Gasteiger partial charge in [-0.25, -0.2) is 15.0 Å². The molecule has 0 amide bonds. The molecule has 3 aromatic heterocycles. The van der Waals surface area contributed by atoms with Crippen LogP contribution in [0.5, 0.6) is 0 Å². The molecule has 0 aliphatic rings. The average Bonchev–Trinajstić information content (AvgIpc) is 3.83. The van der Waals surface area contributed by atoms with Crippen LogP contribution in [0.4, 0.5) is 0 Å². The van der Waals surface area contributed by atoms with Crippen molar-refractivity contribution in [1.29, 1.82) is 0 Å². The third-order valence-corrected chi connectivity index (χ3v) is 12.1. The first-order chi connectivity index (χ1) is 29.7. The Labute approximate surface area is 343 Å². The van der Waals surface area contributed by atoms with Gasteiger partial charge in [0.25, 0.3) is 0 Å². The van der Waals surface area contributed by atoms with Gasteiger partial charge in [0.1, 0.15) is 11.2 Å². The van der Waals surface area contributed by atoms with Crippen molar-refractivity contribution in [1.82, 2.24) is 19.5 Å². The topological polar surface area (TPSA) is 56.7 Å². The molecule has 0 saturated heterocycles. The molecule has 0 fully saturated rings. The highest BCUT2D eigenvalue weighted by atomic mass is 16.3. The molecule has 0 unspecified atom stereocenters. The Morgan fingerprint density at radius 3 is 1.58 bits per heavy atom. The zero-order chi connectivity index (χ0) is 39.3. The molecule has 60 heavy (non-hydrogen) atoms. The van der Waals surface area contributed by atoms with Crippen LogP contribution in [-0.2, 0) is 0 Å². The van der Waals surface area contributed by atoms with Crippen molar-refractivity contribution in [2.45, 2.75) is 0 Å². The maximum atomic E-state index is 6.61. The van der Waals surface area contributed by atoms with E-state index in [9.17, 15) is 0 Å². The van der Waals surface area contributed by atoms with Crippen LogP contribution >= 0.6 is 0 Å². The van der Waals surface area contributed by atoms with Crippen molar-refractivity contribution in [3.63, 3.8) is 0 Å². The molecule has 13 rings (SSSR count). The minimum Gasteiger partial charge on any atom is -0.456 e. The van der Waals surface area contributed by atoms with Crippen molar-refractivity contribution in [2.75, 3.05) is 0 Å². The molecular weight excluding hydrogens is 733 g/mol. The first-order valence-corrected chi connectivity index (χ1v) is 20.3. The van der Waals surface area contributed by atoms with Crippen molar-refractivity contribution in [3.8, 4) is 39.9 Å². The highest BCUT2D eigenvalue weighted by Crippen LogP contribution is 2.43. The van der Waals surface area contributed by atoms with E-state index in [2.05, 4.69) is 168 Å². The minimum atomic E-state index is 0.561. The van der Waals surface area contributed by atoms with E-state index in [4.69, 9.17) is 19.4 Å². The average molecular weight is 765 g/mol. The number of rotatable bonds is 4. The van der Waals surface area contributed by atoms with Gasteiger partial charge in [0.05, 0.1) is 16.7 Å². The summed E-state index contributed by atoms with van der Waals surface area (Å²) in [5.41, 5.74) is 7.44. The number of hydrogen-bond donors (Lipinski definition) is 0. The van der Waals surface area contributed by atoms with Gasteiger partial charge in [-0.3, -0.25) is 0 Å². The van der Waals surface area contributed by atoms with Gasteiger partial charge in [-0.1, -0.05) is 146 Å². The predicted molar refractivity (Wildman–Crippen MR) is 248 cm³/mol. The molecule has 0 aliphatic carbocycles. The van der Waals surface area contributed by atoms with Gasteiger partial charge >= 0.3 is 0 Å². The molecule has 3 heterocycles. The van der Waals surface area contributed by atoms with E-state index in [1.807, 2.05) is 30.3 Å². The molecule has 0 atom stereocenters. The zero-order valence-corrected chi connectivity index (χ0v) is 32.2. The molecule has 10 aromatic carbocycles. The van der Waals surface area contributed by atoms with Gasteiger partial charge in [0.2, 0.25) is 0 Å². The van der Waals surface area contributed by atoms with Gasteiger partial charge < -0.3 is 8.98 Å². The summed E-state index contributed by atoms with van der Waals surface area (Å²) in [5.74, 6) is 1.76. The zero-order valence-electron chi connectivity index (χ0n) is 32.2. The molecule has 0 saturated carbocycles. The fraction of sp³-hybridized carbons (Fsp3) is 0. The Hall–Kier alpha value is -8.15. The van der Waals surface area contributed by atoms with Crippen LogP contribution in [0.15, 0.2) is 199 Å². The standard InChI is InChI=1S/C55H32N4O/c1-2-13-34(14-3-1)53-56-54(40-24-25-42-39(26-40)23-22-33-12-8-9-19-41(33)42)58-55(57-53)47-32-52-46(43-20-10-11-21-51(43)60-52)31-50(47)59-48-29-37-17-6-4-15-35(37)27-44(48)45-28-36-16-5-7-18-38(36)30-49(45)59/h1-32H. The smallest absolute Gasteiger partial charge is 0.166 e. The van der Waals surface area contributed by atoms with Gasteiger partial charge in [-0.15, -0.1) is 0 Å². The largest absolute Gasteiger partial charge is 0.456 e. The highest BCUT2D eigenvalue weighted by molar-refractivity contribution is 6.18. The number of furan rings is 1. The van der Waals surface area contributed by atoms with Crippen LogP contribution < -0.4 is 0 Å². The molecule has 5 nitrogen and oxygen atoms in total. The first kappa shape index (κ1) is 32.9. The van der Waals surface area contributed by atoms with Crippen molar-refractivity contribution in [3.05, 3.63) is 194 Å². The first-order valence-electron chi connectivity index (χ1n) is 20.3. The van der Waals surface area contributed by atoms with Gasteiger partial charge in [-0.05, 0) is 91.6 Å². The third kappa shape index (κ3) is 5.03. The second-order valence-corrected chi connectivity index (χ2v) is 15.6. The number of para-hydroxylation sites is 1. The lowest BCUT2D eigenvalue weighted by atomic mass is 10.00. The monoisotopic (exact) mass is 764 g/mol. The lowest BCUT2D eigenvalue weighted by Crippen LogP contribution is -2.04. The Morgan fingerprint density at radius 1 is 0.317 bits per heavy atom. The van der Waals surface area contributed by atoms with Crippen LogP contribution in [0.3, 0.4) is 0 Å². The fourth-order valence-electron chi connectivity index (χ4n) is 9.27. The highest BCUT2D eigenvalue weighted by Gasteiger charge is 2.23. The SMILES string of the molecule is c1ccc(-c2nc(-c3ccc4c(ccc5ccccc54)c3)nc(-c3cc4oc5ccccc5c4cc3-n3c4cc5ccccc5cc4c4cc5ccccc5cc43)n2)cc1. The normalized spacial score (nSPS) is 12.0. The van der Waals surface area contributed by atoms with Gasteiger partial charge in [0.15, 0.2) is 17.5 Å². The third-order valence-electron chi connectivity index (χ3n) is 12.1. The summed E-state index contributed by atoms with van der Waals surface area (Å²) < 4.78 is 9.02. The molecule has 13 aromatic rings. The maximum absolute atomic E-state index is 6.61. The maximum Gasteiger partial charge on any atom is 0.166 e. The van der Waals surface area contributed by atoms with Crippen LogP contribution in [0.25, 0.3) is 127 Å². The lowest BCUT2D eigenvalue weighted by Gasteiger charge is -2.16. The summed E-state index contributed by atoms with van der Waals surface area (Å²) in [7, 11) is 0. The van der Waals surface area contributed by atoms with E-state index in [-0.39, 0.29) is 0 Å². The summed E-state index contributed by atoms with van der Waals surface area (Å²) in [6.07, 6.45) is 0. The number of nitrogens with zero attached hydrogens (tertiary/aromatic N) is 4. The predicted octanol–water partition coefficient (Wildman–Crippen LogP) is 14.5. The summed E-state index contributed by atoms with van der Waals surface area (Å²) in [6, 6.07) is 68.8. The second-order valence-electron chi connectivity index (χ2n) is 15.6.